The van der Waals surface area contributed by atoms with Crippen molar-refractivity contribution in [1.29, 1.82) is 0 Å². The van der Waals surface area contributed by atoms with Crippen molar-refractivity contribution >= 4 is 10.1 Å². The van der Waals surface area contributed by atoms with Gasteiger partial charge in [-0.2, -0.15) is 8.42 Å². The van der Waals surface area contributed by atoms with Crippen molar-refractivity contribution in [1.82, 2.24) is 0 Å². The highest BCUT2D eigenvalue weighted by Crippen LogP contribution is 2.21. The van der Waals surface area contributed by atoms with Crippen LogP contribution in [-0.2, 0) is 10.1 Å². The van der Waals surface area contributed by atoms with Gasteiger partial charge in [-0.05, 0) is 37.5 Å². The number of hydrogen-bond acceptors (Lipinski definition) is 3. The van der Waals surface area contributed by atoms with Gasteiger partial charge in [-0.3, -0.25) is 4.55 Å². The highest BCUT2D eigenvalue weighted by molar-refractivity contribution is 7.85. The predicted molar refractivity (Wildman–Crippen MR) is 113 cm³/mol. The predicted octanol–water partition coefficient (Wildman–Crippen LogP) is 5.87. The van der Waals surface area contributed by atoms with Gasteiger partial charge < -0.3 is 5.11 Å². The van der Waals surface area contributed by atoms with Gasteiger partial charge in [-0.15, -0.1) is 0 Å². The lowest BCUT2D eigenvalue weighted by atomic mass is 9.91. The molecule has 0 fully saturated rings. The van der Waals surface area contributed by atoms with Gasteiger partial charge in [0.1, 0.15) is 0 Å². The van der Waals surface area contributed by atoms with Crippen LogP contribution >= 0.6 is 0 Å². The zero-order chi connectivity index (χ0) is 20.6. The molecular formula is C21H44O4S. The Bertz CT molecular complexity index is 433. The normalized spacial score (nSPS) is 14.7. The highest BCUT2D eigenvalue weighted by atomic mass is 32.2. The van der Waals surface area contributed by atoms with E-state index in [2.05, 4.69) is 34.6 Å². The van der Waals surface area contributed by atoms with E-state index in [1.165, 1.54) is 56.9 Å². The lowest BCUT2D eigenvalue weighted by Crippen LogP contribution is -2.00. The van der Waals surface area contributed by atoms with Crippen molar-refractivity contribution in [3.8, 4) is 0 Å². The van der Waals surface area contributed by atoms with E-state index in [1.807, 2.05) is 6.08 Å². The molecule has 0 aliphatic carbocycles. The topological polar surface area (TPSA) is 74.6 Å². The Balaban J connectivity index is 0. The first-order chi connectivity index (χ1) is 12.0. The molecule has 0 amide bonds. The third-order valence-corrected chi connectivity index (χ3v) is 4.58. The maximum Gasteiger partial charge on any atom is 0.261 e. The molecule has 2 N–H and O–H groups in total. The lowest BCUT2D eigenvalue weighted by Gasteiger charge is -2.15. The third-order valence-electron chi connectivity index (χ3n) is 4.58. The molecule has 2 atom stereocenters. The number of rotatable bonds is 13. The maximum atomic E-state index is 9.19. The Morgan fingerprint density at radius 3 is 1.65 bits per heavy atom. The molecule has 5 heteroatoms. The molecule has 0 heterocycles. The first kappa shape index (κ1) is 27.8. The lowest BCUT2D eigenvalue weighted by molar-refractivity contribution is 0.341. The van der Waals surface area contributed by atoms with E-state index >= 15 is 0 Å². The van der Waals surface area contributed by atoms with Gasteiger partial charge in [0.05, 0.1) is 12.9 Å². The summed E-state index contributed by atoms with van der Waals surface area (Å²) in [5.41, 5.74) is 1.34. The molecule has 4 nitrogen and oxygen atoms in total. The van der Waals surface area contributed by atoms with Crippen LogP contribution in [0, 0.1) is 17.8 Å². The minimum atomic E-state index is -3.67. The van der Waals surface area contributed by atoms with Crippen LogP contribution in [0.2, 0.25) is 0 Å². The second-order valence-electron chi connectivity index (χ2n) is 8.32. The van der Waals surface area contributed by atoms with Crippen molar-refractivity contribution in [3.05, 3.63) is 11.6 Å². The molecule has 158 valence electrons. The first-order valence-electron chi connectivity index (χ1n) is 10.1. The summed E-state index contributed by atoms with van der Waals surface area (Å²) in [6.07, 6.45) is 14.8. The molecule has 0 aromatic heterocycles. The summed E-state index contributed by atoms with van der Waals surface area (Å²) in [7, 11) is -3.67. The Morgan fingerprint density at radius 2 is 1.27 bits per heavy atom. The van der Waals surface area contributed by atoms with Crippen LogP contribution in [0.15, 0.2) is 11.6 Å². The molecule has 2 unspecified atom stereocenters. The molecule has 0 aliphatic heterocycles. The van der Waals surface area contributed by atoms with Crippen LogP contribution in [0.1, 0.15) is 92.4 Å². The van der Waals surface area contributed by atoms with E-state index in [-0.39, 0.29) is 6.61 Å². The molecule has 0 saturated heterocycles. The van der Waals surface area contributed by atoms with E-state index in [1.54, 1.807) is 0 Å². The fourth-order valence-electron chi connectivity index (χ4n) is 2.97. The molecular weight excluding hydrogens is 348 g/mol. The van der Waals surface area contributed by atoms with Gasteiger partial charge in [0.15, 0.2) is 0 Å². The standard InChI is InChI=1S/C20H40O.CH4O3S/c1-17(2)9-6-10-18(3)11-7-12-19(4)13-8-14-20(5)15-16-21;1-5(2,3)4/h15,17-19,21H,6-14,16H2,1-5H3;1H3,(H,2,3,4)/b20-15+;. The van der Waals surface area contributed by atoms with E-state index in [0.717, 1.165) is 24.2 Å². The molecule has 0 aromatic carbocycles. The van der Waals surface area contributed by atoms with Gasteiger partial charge >= 0.3 is 0 Å². The summed E-state index contributed by atoms with van der Waals surface area (Å²) in [4.78, 5) is 0. The quantitative estimate of drug-likeness (QED) is 0.304. The van der Waals surface area contributed by atoms with Crippen molar-refractivity contribution in [3.63, 3.8) is 0 Å². The van der Waals surface area contributed by atoms with Crippen molar-refractivity contribution in [2.45, 2.75) is 92.4 Å². The number of allylic oxidation sites excluding steroid dienone is 1. The Labute approximate surface area is 163 Å². The van der Waals surface area contributed by atoms with Gasteiger partial charge in [0.2, 0.25) is 0 Å². The SMILES string of the molecule is C/C(=C\CO)CCCC(C)CCCC(C)CCCC(C)C.CS(=O)(=O)O. The molecule has 0 spiro atoms. The Kier molecular flexibility index (Phi) is 17.9. The van der Waals surface area contributed by atoms with Crippen LogP contribution in [0.3, 0.4) is 0 Å². The minimum Gasteiger partial charge on any atom is -0.392 e. The van der Waals surface area contributed by atoms with Crippen LogP contribution in [-0.4, -0.2) is 30.9 Å². The van der Waals surface area contributed by atoms with E-state index < -0.39 is 10.1 Å². The monoisotopic (exact) mass is 392 g/mol. The average molecular weight is 393 g/mol. The van der Waals surface area contributed by atoms with Crippen LogP contribution in [0.4, 0.5) is 0 Å². The molecule has 26 heavy (non-hydrogen) atoms. The molecule has 0 aliphatic rings. The zero-order valence-corrected chi connectivity index (χ0v) is 18.8. The summed E-state index contributed by atoms with van der Waals surface area (Å²) in [6.45, 7) is 11.8. The minimum absolute atomic E-state index is 0.191. The number of hydrogen-bond donors (Lipinski definition) is 2. The second-order valence-corrected chi connectivity index (χ2v) is 9.79. The number of aliphatic hydroxyl groups is 1. The van der Waals surface area contributed by atoms with Crippen molar-refractivity contribution < 1.29 is 18.1 Å². The van der Waals surface area contributed by atoms with Crippen LogP contribution in [0.25, 0.3) is 0 Å². The first-order valence-corrected chi connectivity index (χ1v) is 12.0. The fraction of sp³-hybridized carbons (Fsp3) is 0.905. The molecule has 0 saturated carbocycles. The van der Waals surface area contributed by atoms with Crippen LogP contribution in [0.5, 0.6) is 0 Å². The number of aliphatic hydroxyl groups excluding tert-OH is 1. The highest BCUT2D eigenvalue weighted by Gasteiger charge is 2.06. The molecule has 0 aromatic rings. The summed E-state index contributed by atoms with van der Waals surface area (Å²) < 4.78 is 25.9. The van der Waals surface area contributed by atoms with Gasteiger partial charge in [0.25, 0.3) is 10.1 Å². The molecule has 0 bridgehead atoms. The average Bonchev–Trinajstić information content (AvgIpc) is 2.45. The fourth-order valence-corrected chi connectivity index (χ4v) is 2.97. The molecule has 0 radical (unpaired) electrons. The van der Waals surface area contributed by atoms with Crippen molar-refractivity contribution in [2.24, 2.45) is 17.8 Å². The maximum absolute atomic E-state index is 9.19. The summed E-state index contributed by atoms with van der Waals surface area (Å²) >= 11 is 0. The third kappa shape index (κ3) is 28.4. The summed E-state index contributed by atoms with van der Waals surface area (Å²) in [6, 6.07) is 0. The largest absolute Gasteiger partial charge is 0.392 e. The Hall–Kier alpha value is -0.390. The summed E-state index contributed by atoms with van der Waals surface area (Å²) in [5, 5.41) is 8.83. The second kappa shape index (κ2) is 16.8. The van der Waals surface area contributed by atoms with Gasteiger partial charge in [-0.25, -0.2) is 0 Å². The van der Waals surface area contributed by atoms with Gasteiger partial charge in [0, 0.05) is 0 Å². The van der Waals surface area contributed by atoms with E-state index in [9.17, 15) is 8.42 Å². The zero-order valence-electron chi connectivity index (χ0n) is 18.0. The Morgan fingerprint density at radius 1 is 0.885 bits per heavy atom. The van der Waals surface area contributed by atoms with Gasteiger partial charge in [-0.1, -0.05) is 84.3 Å². The van der Waals surface area contributed by atoms with Crippen LogP contribution < -0.4 is 0 Å². The van der Waals surface area contributed by atoms with E-state index in [4.69, 9.17) is 9.66 Å². The van der Waals surface area contributed by atoms with Crippen molar-refractivity contribution in [2.75, 3.05) is 12.9 Å². The summed E-state index contributed by atoms with van der Waals surface area (Å²) in [5.74, 6) is 2.63. The smallest absolute Gasteiger partial charge is 0.261 e. The molecule has 0 rings (SSSR count). The van der Waals surface area contributed by atoms with E-state index in [0.29, 0.717) is 6.26 Å².